The standard InChI is InChI=1S/C28H40/c1-3-7-23-11-13-25(14-12-23)9-5-6-10-26-17-21-28(22-18-26)27-19-15-24(8-4-2)16-20-27/h6,10-14,24,26-28H,3-4,7-8,15-22H2,1-2H3. The number of benzene rings is 1. The Kier molecular flexibility index (Phi) is 8.72. The summed E-state index contributed by atoms with van der Waals surface area (Å²) in [4.78, 5) is 0. The Morgan fingerprint density at radius 3 is 2.07 bits per heavy atom. The van der Waals surface area contributed by atoms with E-state index >= 15 is 0 Å². The van der Waals surface area contributed by atoms with Crippen LogP contribution in [0.2, 0.25) is 0 Å². The van der Waals surface area contributed by atoms with Crippen LogP contribution in [0.3, 0.4) is 0 Å². The van der Waals surface area contributed by atoms with Crippen LogP contribution in [-0.2, 0) is 6.42 Å². The number of hydrogen-bond acceptors (Lipinski definition) is 0. The summed E-state index contributed by atoms with van der Waals surface area (Å²) in [7, 11) is 0. The third kappa shape index (κ3) is 6.55. The van der Waals surface area contributed by atoms with Gasteiger partial charge in [0.05, 0.1) is 0 Å². The first-order valence-electron chi connectivity index (χ1n) is 12.1. The lowest BCUT2D eigenvalue weighted by Gasteiger charge is -2.37. The summed E-state index contributed by atoms with van der Waals surface area (Å²) >= 11 is 0. The summed E-state index contributed by atoms with van der Waals surface area (Å²) in [5.41, 5.74) is 2.55. The van der Waals surface area contributed by atoms with Gasteiger partial charge in [-0.25, -0.2) is 0 Å². The predicted octanol–water partition coefficient (Wildman–Crippen LogP) is 7.96. The molecule has 0 aromatic heterocycles. The summed E-state index contributed by atoms with van der Waals surface area (Å²) < 4.78 is 0. The molecule has 0 N–H and O–H groups in total. The normalized spacial score (nSPS) is 28.1. The van der Waals surface area contributed by atoms with Gasteiger partial charge in [-0.15, -0.1) is 0 Å². The van der Waals surface area contributed by atoms with Crippen LogP contribution in [0.25, 0.3) is 0 Å². The Bertz CT molecular complexity index is 638. The van der Waals surface area contributed by atoms with E-state index in [0.29, 0.717) is 0 Å². The second-order valence-corrected chi connectivity index (χ2v) is 9.32. The molecule has 0 spiro atoms. The highest BCUT2D eigenvalue weighted by atomic mass is 14.3. The zero-order valence-electron chi connectivity index (χ0n) is 18.3. The van der Waals surface area contributed by atoms with Crippen LogP contribution < -0.4 is 0 Å². The Labute approximate surface area is 174 Å². The molecule has 2 saturated carbocycles. The summed E-state index contributed by atoms with van der Waals surface area (Å²) in [5.74, 6) is 10.4. The maximum absolute atomic E-state index is 3.29. The van der Waals surface area contributed by atoms with Gasteiger partial charge in [-0.3, -0.25) is 0 Å². The first-order valence-corrected chi connectivity index (χ1v) is 12.1. The van der Waals surface area contributed by atoms with E-state index in [1.54, 1.807) is 0 Å². The van der Waals surface area contributed by atoms with Crippen molar-refractivity contribution in [2.75, 3.05) is 0 Å². The molecule has 0 aliphatic heterocycles. The van der Waals surface area contributed by atoms with E-state index in [1.165, 1.54) is 76.2 Å². The van der Waals surface area contributed by atoms with Crippen LogP contribution >= 0.6 is 0 Å². The highest BCUT2D eigenvalue weighted by Crippen LogP contribution is 2.42. The van der Waals surface area contributed by atoms with Crippen LogP contribution in [-0.4, -0.2) is 0 Å². The average Bonchev–Trinajstić information content (AvgIpc) is 2.74. The minimum Gasteiger partial charge on any atom is -0.0730 e. The molecule has 0 nitrogen and oxygen atoms in total. The van der Waals surface area contributed by atoms with Gasteiger partial charge in [-0.1, -0.05) is 76.0 Å². The van der Waals surface area contributed by atoms with Gasteiger partial charge in [0.15, 0.2) is 0 Å². The molecule has 0 amide bonds. The second kappa shape index (κ2) is 11.5. The SMILES string of the molecule is CCCc1ccc(C#CC=CC2CCC(C3CCC(CCC)CC3)CC2)cc1. The fraction of sp³-hybridized carbons (Fsp3) is 0.643. The van der Waals surface area contributed by atoms with Crippen molar-refractivity contribution in [2.45, 2.75) is 90.9 Å². The molecule has 3 rings (SSSR count). The minimum atomic E-state index is 0.758. The zero-order chi connectivity index (χ0) is 19.6. The van der Waals surface area contributed by atoms with Crippen molar-refractivity contribution in [3.8, 4) is 11.8 Å². The van der Waals surface area contributed by atoms with Crippen molar-refractivity contribution in [3.63, 3.8) is 0 Å². The van der Waals surface area contributed by atoms with Crippen molar-refractivity contribution in [2.24, 2.45) is 23.7 Å². The first kappa shape index (κ1) is 21.2. The maximum atomic E-state index is 3.29. The Balaban J connectivity index is 1.39. The summed E-state index contributed by atoms with van der Waals surface area (Å²) in [6.07, 6.45) is 21.4. The predicted molar refractivity (Wildman–Crippen MR) is 122 cm³/mol. The van der Waals surface area contributed by atoms with Gasteiger partial charge in [-0.05, 0) is 92.4 Å². The Morgan fingerprint density at radius 1 is 0.821 bits per heavy atom. The Morgan fingerprint density at radius 2 is 1.46 bits per heavy atom. The number of rotatable bonds is 6. The monoisotopic (exact) mass is 376 g/mol. The van der Waals surface area contributed by atoms with Crippen molar-refractivity contribution in [1.82, 2.24) is 0 Å². The van der Waals surface area contributed by atoms with Crippen molar-refractivity contribution in [3.05, 3.63) is 47.5 Å². The van der Waals surface area contributed by atoms with E-state index in [2.05, 4.69) is 62.1 Å². The molecule has 2 aliphatic rings. The summed E-state index contributed by atoms with van der Waals surface area (Å²) in [5, 5.41) is 0. The molecule has 0 heteroatoms. The summed E-state index contributed by atoms with van der Waals surface area (Å²) in [6.45, 7) is 4.57. The third-order valence-corrected chi connectivity index (χ3v) is 7.23. The molecule has 0 heterocycles. The molecule has 28 heavy (non-hydrogen) atoms. The lowest BCUT2D eigenvalue weighted by atomic mass is 9.69. The quantitative estimate of drug-likeness (QED) is 0.442. The molecule has 2 fully saturated rings. The van der Waals surface area contributed by atoms with E-state index in [1.807, 2.05) is 0 Å². The van der Waals surface area contributed by atoms with Gasteiger partial charge in [0.25, 0.3) is 0 Å². The molecule has 0 bridgehead atoms. The summed E-state index contributed by atoms with van der Waals surface area (Å²) in [6, 6.07) is 8.75. The number of allylic oxidation sites excluding steroid dienone is 2. The lowest BCUT2D eigenvalue weighted by Crippen LogP contribution is -2.25. The Hall–Kier alpha value is -1.48. The van der Waals surface area contributed by atoms with E-state index in [4.69, 9.17) is 0 Å². The fourth-order valence-electron chi connectivity index (χ4n) is 5.52. The van der Waals surface area contributed by atoms with Crippen LogP contribution in [0, 0.1) is 35.5 Å². The number of aryl methyl sites for hydroxylation is 1. The van der Waals surface area contributed by atoms with Gasteiger partial charge < -0.3 is 0 Å². The van der Waals surface area contributed by atoms with Gasteiger partial charge in [0, 0.05) is 5.56 Å². The van der Waals surface area contributed by atoms with Crippen LogP contribution in [0.5, 0.6) is 0 Å². The molecule has 0 atom stereocenters. The first-order chi connectivity index (χ1) is 13.8. The molecule has 152 valence electrons. The molecular formula is C28H40. The van der Waals surface area contributed by atoms with Gasteiger partial charge in [0.2, 0.25) is 0 Å². The van der Waals surface area contributed by atoms with Gasteiger partial charge in [0.1, 0.15) is 0 Å². The zero-order valence-corrected chi connectivity index (χ0v) is 18.3. The maximum Gasteiger partial charge on any atom is 0.0249 e. The van der Waals surface area contributed by atoms with Crippen molar-refractivity contribution >= 4 is 0 Å². The van der Waals surface area contributed by atoms with E-state index < -0.39 is 0 Å². The molecule has 0 radical (unpaired) electrons. The van der Waals surface area contributed by atoms with Crippen LogP contribution in [0.4, 0.5) is 0 Å². The van der Waals surface area contributed by atoms with Crippen molar-refractivity contribution in [1.29, 1.82) is 0 Å². The number of hydrogen-bond donors (Lipinski definition) is 0. The lowest BCUT2D eigenvalue weighted by molar-refractivity contribution is 0.152. The largest absolute Gasteiger partial charge is 0.0730 e. The second-order valence-electron chi connectivity index (χ2n) is 9.32. The van der Waals surface area contributed by atoms with Gasteiger partial charge in [-0.2, -0.15) is 0 Å². The highest BCUT2D eigenvalue weighted by molar-refractivity contribution is 5.38. The fourth-order valence-corrected chi connectivity index (χ4v) is 5.52. The smallest absolute Gasteiger partial charge is 0.0249 e. The highest BCUT2D eigenvalue weighted by Gasteiger charge is 2.29. The van der Waals surface area contributed by atoms with E-state index in [0.717, 1.165) is 35.7 Å². The molecule has 1 aromatic carbocycles. The molecule has 1 aromatic rings. The van der Waals surface area contributed by atoms with E-state index in [-0.39, 0.29) is 0 Å². The molecule has 0 unspecified atom stereocenters. The average molecular weight is 377 g/mol. The van der Waals surface area contributed by atoms with Crippen LogP contribution in [0.1, 0.15) is 95.6 Å². The topological polar surface area (TPSA) is 0 Å². The van der Waals surface area contributed by atoms with Crippen molar-refractivity contribution < 1.29 is 0 Å². The molecule has 2 aliphatic carbocycles. The van der Waals surface area contributed by atoms with Crippen LogP contribution in [0.15, 0.2) is 36.4 Å². The third-order valence-electron chi connectivity index (χ3n) is 7.23. The minimum absolute atomic E-state index is 0.758. The van der Waals surface area contributed by atoms with Gasteiger partial charge >= 0.3 is 0 Å². The van der Waals surface area contributed by atoms with E-state index in [9.17, 15) is 0 Å². The molecule has 0 saturated heterocycles. The molecular weight excluding hydrogens is 336 g/mol.